The molecule has 2 aromatic carbocycles. The van der Waals surface area contributed by atoms with E-state index in [-0.39, 0.29) is 5.91 Å². The number of hydrogen-bond donors (Lipinski definition) is 1. The number of hydrogen-bond acceptors (Lipinski definition) is 2. The Balaban J connectivity index is 1.67. The van der Waals surface area contributed by atoms with Gasteiger partial charge in [-0.3, -0.25) is 4.79 Å². The van der Waals surface area contributed by atoms with Gasteiger partial charge in [-0.1, -0.05) is 36.4 Å². The van der Waals surface area contributed by atoms with E-state index in [1.165, 1.54) is 18.2 Å². The molecule has 0 aliphatic rings. The number of halogens is 1. The van der Waals surface area contributed by atoms with Crippen molar-refractivity contribution < 1.29 is 13.9 Å². The molecule has 0 saturated carbocycles. The number of ether oxygens (including phenoxy) is 1. The largest absolute Gasteiger partial charge is 0.375 e. The van der Waals surface area contributed by atoms with Crippen molar-refractivity contribution in [3.63, 3.8) is 0 Å². The zero-order valence-corrected chi connectivity index (χ0v) is 11.0. The molecule has 0 bridgehead atoms. The summed E-state index contributed by atoms with van der Waals surface area (Å²) in [4.78, 5) is 11.7. The topological polar surface area (TPSA) is 38.3 Å². The Morgan fingerprint density at radius 1 is 1.10 bits per heavy atom. The van der Waals surface area contributed by atoms with E-state index in [9.17, 15) is 9.18 Å². The van der Waals surface area contributed by atoms with E-state index in [1.807, 2.05) is 30.3 Å². The zero-order chi connectivity index (χ0) is 14.2. The van der Waals surface area contributed by atoms with Crippen LogP contribution >= 0.6 is 0 Å². The molecule has 2 rings (SSSR count). The van der Waals surface area contributed by atoms with Gasteiger partial charge in [0, 0.05) is 12.1 Å². The molecule has 0 fully saturated rings. The van der Waals surface area contributed by atoms with Gasteiger partial charge in [-0.25, -0.2) is 4.39 Å². The van der Waals surface area contributed by atoms with Crippen LogP contribution in [0.2, 0.25) is 0 Å². The molecule has 0 heterocycles. The van der Waals surface area contributed by atoms with Crippen LogP contribution in [-0.4, -0.2) is 19.1 Å². The maximum absolute atomic E-state index is 13.0. The zero-order valence-electron chi connectivity index (χ0n) is 11.0. The fourth-order valence-electron chi connectivity index (χ4n) is 1.73. The van der Waals surface area contributed by atoms with Crippen LogP contribution in [0.4, 0.5) is 4.39 Å². The summed E-state index contributed by atoms with van der Waals surface area (Å²) < 4.78 is 18.4. The minimum absolute atomic E-state index is 0.298. The van der Waals surface area contributed by atoms with Gasteiger partial charge in [0.05, 0.1) is 13.2 Å². The molecule has 20 heavy (non-hydrogen) atoms. The number of nitrogens with one attached hydrogen (secondary N) is 1. The number of carbonyl (C=O) groups excluding carboxylic acids is 1. The van der Waals surface area contributed by atoms with Crippen molar-refractivity contribution in [2.24, 2.45) is 0 Å². The Hall–Kier alpha value is -2.20. The normalized spacial score (nSPS) is 10.2. The Kier molecular flexibility index (Phi) is 5.26. The lowest BCUT2D eigenvalue weighted by Gasteiger charge is -2.06. The maximum atomic E-state index is 13.0. The van der Waals surface area contributed by atoms with Crippen molar-refractivity contribution in [2.45, 2.75) is 6.61 Å². The summed E-state index contributed by atoms with van der Waals surface area (Å²) in [5.74, 6) is -0.717. The molecule has 0 atom stereocenters. The number of rotatable bonds is 6. The third-order valence-electron chi connectivity index (χ3n) is 2.73. The average molecular weight is 273 g/mol. The lowest BCUT2D eigenvalue weighted by atomic mass is 10.2. The van der Waals surface area contributed by atoms with Crippen molar-refractivity contribution >= 4 is 5.91 Å². The SMILES string of the molecule is O=C(NCCOCc1ccccc1)c1cccc(F)c1. The Bertz CT molecular complexity index is 557. The summed E-state index contributed by atoms with van der Waals surface area (Å²) in [6.07, 6.45) is 0. The summed E-state index contributed by atoms with van der Waals surface area (Å²) in [6, 6.07) is 15.4. The van der Waals surface area contributed by atoms with Crippen LogP contribution in [0.15, 0.2) is 54.6 Å². The molecule has 0 aliphatic heterocycles. The van der Waals surface area contributed by atoms with Gasteiger partial charge in [-0.05, 0) is 23.8 Å². The highest BCUT2D eigenvalue weighted by molar-refractivity contribution is 5.94. The second kappa shape index (κ2) is 7.40. The molecule has 0 saturated heterocycles. The molecule has 1 amide bonds. The lowest BCUT2D eigenvalue weighted by molar-refractivity contribution is 0.0900. The van der Waals surface area contributed by atoms with E-state index in [0.29, 0.717) is 25.3 Å². The highest BCUT2D eigenvalue weighted by atomic mass is 19.1. The van der Waals surface area contributed by atoms with Crippen molar-refractivity contribution in [3.8, 4) is 0 Å². The van der Waals surface area contributed by atoms with Crippen molar-refractivity contribution in [3.05, 3.63) is 71.5 Å². The molecule has 2 aromatic rings. The standard InChI is InChI=1S/C16H16FNO2/c17-15-8-4-7-14(11-15)16(19)18-9-10-20-12-13-5-2-1-3-6-13/h1-8,11H,9-10,12H2,(H,18,19). The Labute approximate surface area is 117 Å². The minimum Gasteiger partial charge on any atom is -0.375 e. The van der Waals surface area contributed by atoms with Gasteiger partial charge in [0.1, 0.15) is 5.82 Å². The molecule has 3 nitrogen and oxygen atoms in total. The summed E-state index contributed by atoms with van der Waals surface area (Å²) in [6.45, 7) is 1.31. The monoisotopic (exact) mass is 273 g/mol. The quantitative estimate of drug-likeness (QED) is 0.822. The predicted molar refractivity (Wildman–Crippen MR) is 74.8 cm³/mol. The van der Waals surface area contributed by atoms with Gasteiger partial charge in [-0.2, -0.15) is 0 Å². The predicted octanol–water partition coefficient (Wildman–Crippen LogP) is 2.77. The van der Waals surface area contributed by atoms with E-state index < -0.39 is 5.82 Å². The van der Waals surface area contributed by atoms with Crippen LogP contribution in [0, 0.1) is 5.82 Å². The molecule has 4 heteroatoms. The van der Waals surface area contributed by atoms with Gasteiger partial charge < -0.3 is 10.1 Å². The van der Waals surface area contributed by atoms with Crippen LogP contribution in [0.5, 0.6) is 0 Å². The summed E-state index contributed by atoms with van der Waals surface area (Å²) in [5.41, 5.74) is 1.40. The first-order valence-corrected chi connectivity index (χ1v) is 6.41. The van der Waals surface area contributed by atoms with Crippen LogP contribution in [0.1, 0.15) is 15.9 Å². The highest BCUT2D eigenvalue weighted by Crippen LogP contribution is 2.03. The maximum Gasteiger partial charge on any atom is 0.251 e. The first-order chi connectivity index (χ1) is 9.75. The van der Waals surface area contributed by atoms with Crippen molar-refractivity contribution in [2.75, 3.05) is 13.2 Å². The number of benzene rings is 2. The fourth-order valence-corrected chi connectivity index (χ4v) is 1.73. The molecule has 0 aromatic heterocycles. The van der Waals surface area contributed by atoms with Gasteiger partial charge in [0.25, 0.3) is 5.91 Å². The first-order valence-electron chi connectivity index (χ1n) is 6.41. The van der Waals surface area contributed by atoms with Gasteiger partial charge >= 0.3 is 0 Å². The van der Waals surface area contributed by atoms with E-state index in [4.69, 9.17) is 4.74 Å². The average Bonchev–Trinajstić information content (AvgIpc) is 2.48. The van der Waals surface area contributed by atoms with Crippen LogP contribution in [0.25, 0.3) is 0 Å². The smallest absolute Gasteiger partial charge is 0.251 e. The van der Waals surface area contributed by atoms with Crippen LogP contribution in [0.3, 0.4) is 0 Å². The summed E-state index contributed by atoms with van der Waals surface area (Å²) >= 11 is 0. The molecule has 0 aliphatic carbocycles. The van der Waals surface area contributed by atoms with E-state index in [0.717, 1.165) is 5.56 Å². The van der Waals surface area contributed by atoms with E-state index in [2.05, 4.69) is 5.32 Å². The lowest BCUT2D eigenvalue weighted by Crippen LogP contribution is -2.27. The van der Waals surface area contributed by atoms with Gasteiger partial charge in [-0.15, -0.1) is 0 Å². The Morgan fingerprint density at radius 2 is 1.90 bits per heavy atom. The minimum atomic E-state index is -0.419. The van der Waals surface area contributed by atoms with Crippen molar-refractivity contribution in [1.82, 2.24) is 5.32 Å². The van der Waals surface area contributed by atoms with Gasteiger partial charge in [0.15, 0.2) is 0 Å². The third kappa shape index (κ3) is 4.48. The molecule has 0 radical (unpaired) electrons. The van der Waals surface area contributed by atoms with Gasteiger partial charge in [0.2, 0.25) is 0 Å². The second-order valence-corrected chi connectivity index (χ2v) is 4.30. The summed E-state index contributed by atoms with van der Waals surface area (Å²) in [7, 11) is 0. The molecule has 104 valence electrons. The first kappa shape index (κ1) is 14.2. The number of amides is 1. The fraction of sp³-hybridized carbons (Fsp3) is 0.188. The van der Waals surface area contributed by atoms with E-state index in [1.54, 1.807) is 6.07 Å². The van der Waals surface area contributed by atoms with E-state index >= 15 is 0 Å². The number of carbonyl (C=O) groups is 1. The van der Waals surface area contributed by atoms with Crippen LogP contribution in [-0.2, 0) is 11.3 Å². The molecule has 0 spiro atoms. The third-order valence-corrected chi connectivity index (χ3v) is 2.73. The van der Waals surface area contributed by atoms with Crippen molar-refractivity contribution in [1.29, 1.82) is 0 Å². The van der Waals surface area contributed by atoms with Crippen LogP contribution < -0.4 is 5.32 Å². The molecule has 1 N–H and O–H groups in total. The molecule has 0 unspecified atom stereocenters. The Morgan fingerprint density at radius 3 is 2.65 bits per heavy atom. The molecular weight excluding hydrogens is 257 g/mol. The molecular formula is C16H16FNO2. The summed E-state index contributed by atoms with van der Waals surface area (Å²) in [5, 5.41) is 2.68. The second-order valence-electron chi connectivity index (χ2n) is 4.30. The highest BCUT2D eigenvalue weighted by Gasteiger charge is 2.05.